The molecule has 5 nitrogen and oxygen atoms in total. The Hall–Kier alpha value is -1.92. The maximum atomic E-state index is 11.7. The Morgan fingerprint density at radius 1 is 1.29 bits per heavy atom. The summed E-state index contributed by atoms with van der Waals surface area (Å²) in [4.78, 5) is 19.7. The van der Waals surface area contributed by atoms with Crippen LogP contribution in [0.5, 0.6) is 0 Å². The van der Waals surface area contributed by atoms with Crippen molar-refractivity contribution < 1.29 is 4.79 Å². The number of rotatable bonds is 5. The average Bonchev–Trinajstić information content (AvgIpc) is 2.52. The van der Waals surface area contributed by atoms with Crippen molar-refractivity contribution in [2.45, 2.75) is 12.1 Å². The lowest BCUT2D eigenvalue weighted by molar-refractivity contribution is -0.118. The highest BCUT2D eigenvalue weighted by Gasteiger charge is 2.04. The first-order valence-electron chi connectivity index (χ1n) is 6.14. The van der Waals surface area contributed by atoms with Crippen LogP contribution in [0.15, 0.2) is 53.0 Å². The van der Waals surface area contributed by atoms with Gasteiger partial charge in [-0.1, -0.05) is 35.5 Å². The number of hydrogen-bond donors (Lipinski definition) is 1. The normalized spacial score (nSPS) is 11.2. The van der Waals surface area contributed by atoms with Gasteiger partial charge >= 0.3 is 0 Å². The monoisotopic (exact) mass is 320 g/mol. The SMILES string of the molecule is C/C(=N\NC(=O)CSc1ncccn1)c1ccc(Cl)cc1. The third-order valence-electron chi connectivity index (χ3n) is 2.48. The lowest BCUT2D eigenvalue weighted by atomic mass is 10.1. The molecule has 0 saturated heterocycles. The highest BCUT2D eigenvalue weighted by Crippen LogP contribution is 2.11. The van der Waals surface area contributed by atoms with Gasteiger partial charge in [0.2, 0.25) is 0 Å². The number of hydrazone groups is 1. The second kappa shape index (κ2) is 7.75. The number of nitrogens with zero attached hydrogens (tertiary/aromatic N) is 3. The summed E-state index contributed by atoms with van der Waals surface area (Å²) in [5.41, 5.74) is 4.12. The summed E-state index contributed by atoms with van der Waals surface area (Å²) >= 11 is 7.08. The van der Waals surface area contributed by atoms with Crippen LogP contribution >= 0.6 is 23.4 Å². The van der Waals surface area contributed by atoms with Gasteiger partial charge < -0.3 is 0 Å². The Kier molecular flexibility index (Phi) is 5.71. The number of benzene rings is 1. The van der Waals surface area contributed by atoms with Crippen molar-refractivity contribution in [3.63, 3.8) is 0 Å². The van der Waals surface area contributed by atoms with Gasteiger partial charge in [-0.2, -0.15) is 5.10 Å². The number of aromatic nitrogens is 2. The van der Waals surface area contributed by atoms with E-state index in [4.69, 9.17) is 11.6 Å². The average molecular weight is 321 g/mol. The molecule has 0 saturated carbocycles. The molecular formula is C14H13ClN4OS. The van der Waals surface area contributed by atoms with Crippen molar-refractivity contribution in [2.75, 3.05) is 5.75 Å². The van der Waals surface area contributed by atoms with Gasteiger partial charge in [0.05, 0.1) is 11.5 Å². The van der Waals surface area contributed by atoms with E-state index in [1.165, 1.54) is 11.8 Å². The zero-order valence-electron chi connectivity index (χ0n) is 11.3. The standard InChI is InChI=1S/C14H13ClN4OS/c1-10(11-3-5-12(15)6-4-11)18-19-13(20)9-21-14-16-7-2-8-17-14/h2-8H,9H2,1H3,(H,19,20)/b18-10+. The van der Waals surface area contributed by atoms with Crippen molar-refractivity contribution >= 4 is 35.0 Å². The number of nitrogens with one attached hydrogen (secondary N) is 1. The van der Waals surface area contributed by atoms with Crippen LogP contribution in [-0.2, 0) is 4.79 Å². The van der Waals surface area contributed by atoms with Crippen LogP contribution in [0, 0.1) is 0 Å². The molecule has 0 aliphatic heterocycles. The number of halogens is 1. The molecule has 1 aromatic carbocycles. The molecule has 0 atom stereocenters. The molecule has 1 heterocycles. The van der Waals surface area contributed by atoms with Gasteiger partial charge in [-0.3, -0.25) is 4.79 Å². The third-order valence-corrected chi connectivity index (χ3v) is 3.61. The molecule has 0 aliphatic rings. The molecule has 0 spiro atoms. The summed E-state index contributed by atoms with van der Waals surface area (Å²) < 4.78 is 0. The molecule has 7 heteroatoms. The molecule has 2 aromatic rings. The lowest BCUT2D eigenvalue weighted by Gasteiger charge is -2.03. The quantitative estimate of drug-likeness (QED) is 0.398. The van der Waals surface area contributed by atoms with Gasteiger partial charge in [0.15, 0.2) is 5.16 Å². The molecule has 0 unspecified atom stereocenters. The maximum Gasteiger partial charge on any atom is 0.250 e. The number of hydrogen-bond acceptors (Lipinski definition) is 5. The van der Waals surface area contributed by atoms with Crippen molar-refractivity contribution in [1.29, 1.82) is 0 Å². The Morgan fingerprint density at radius 2 is 1.95 bits per heavy atom. The van der Waals surface area contributed by atoms with Crippen molar-refractivity contribution in [2.24, 2.45) is 5.10 Å². The molecule has 108 valence electrons. The van der Waals surface area contributed by atoms with Crippen molar-refractivity contribution in [3.8, 4) is 0 Å². The number of thioether (sulfide) groups is 1. The predicted octanol–water partition coefficient (Wildman–Crippen LogP) is 2.76. The lowest BCUT2D eigenvalue weighted by Crippen LogP contribution is -2.21. The van der Waals surface area contributed by atoms with E-state index >= 15 is 0 Å². The molecule has 1 amide bonds. The van der Waals surface area contributed by atoms with Crippen LogP contribution in [0.25, 0.3) is 0 Å². The molecule has 2 rings (SSSR count). The first-order valence-corrected chi connectivity index (χ1v) is 7.50. The van der Waals surface area contributed by atoms with Crippen LogP contribution in [0.4, 0.5) is 0 Å². The van der Waals surface area contributed by atoms with Crippen LogP contribution < -0.4 is 5.43 Å². The largest absolute Gasteiger partial charge is 0.272 e. The molecule has 0 fully saturated rings. The van der Waals surface area contributed by atoms with E-state index in [2.05, 4.69) is 20.5 Å². The van der Waals surface area contributed by atoms with E-state index in [1.54, 1.807) is 30.6 Å². The second-order valence-electron chi connectivity index (χ2n) is 4.06. The predicted molar refractivity (Wildman–Crippen MR) is 84.6 cm³/mol. The highest BCUT2D eigenvalue weighted by molar-refractivity contribution is 7.99. The summed E-state index contributed by atoms with van der Waals surface area (Å²) in [6.07, 6.45) is 3.27. The third kappa shape index (κ3) is 5.17. The van der Waals surface area contributed by atoms with Crippen LogP contribution in [0.1, 0.15) is 12.5 Å². The van der Waals surface area contributed by atoms with E-state index in [0.717, 1.165) is 5.56 Å². The van der Waals surface area contributed by atoms with E-state index < -0.39 is 0 Å². The summed E-state index contributed by atoms with van der Waals surface area (Å²) in [5.74, 6) is 0.00211. The highest BCUT2D eigenvalue weighted by atomic mass is 35.5. The summed E-state index contributed by atoms with van der Waals surface area (Å²) in [6.45, 7) is 1.82. The van der Waals surface area contributed by atoms with E-state index in [1.807, 2.05) is 19.1 Å². The van der Waals surface area contributed by atoms with E-state index in [9.17, 15) is 4.79 Å². The number of carbonyl (C=O) groups is 1. The molecule has 21 heavy (non-hydrogen) atoms. The Bertz CT molecular complexity index is 631. The maximum absolute atomic E-state index is 11.7. The van der Waals surface area contributed by atoms with Crippen LogP contribution in [0.2, 0.25) is 5.02 Å². The van der Waals surface area contributed by atoms with Gasteiger partial charge in [-0.05, 0) is 30.7 Å². The van der Waals surface area contributed by atoms with Crippen LogP contribution in [-0.4, -0.2) is 27.3 Å². The minimum absolute atomic E-state index is 0.208. The van der Waals surface area contributed by atoms with Gasteiger partial charge in [0.1, 0.15) is 0 Å². The fraction of sp³-hybridized carbons (Fsp3) is 0.143. The molecule has 0 radical (unpaired) electrons. The summed E-state index contributed by atoms with van der Waals surface area (Å²) in [5, 5.41) is 5.28. The first-order chi connectivity index (χ1) is 10.1. The fourth-order valence-electron chi connectivity index (χ4n) is 1.42. The first kappa shape index (κ1) is 15.5. The van der Waals surface area contributed by atoms with Crippen molar-refractivity contribution in [3.05, 3.63) is 53.3 Å². The molecule has 1 aromatic heterocycles. The smallest absolute Gasteiger partial charge is 0.250 e. The molecular weight excluding hydrogens is 308 g/mol. The zero-order valence-corrected chi connectivity index (χ0v) is 12.9. The summed E-state index contributed by atoms with van der Waals surface area (Å²) in [7, 11) is 0. The number of amides is 1. The van der Waals surface area contributed by atoms with Gasteiger partial charge in [0.25, 0.3) is 5.91 Å². The Balaban J connectivity index is 1.85. The minimum Gasteiger partial charge on any atom is -0.272 e. The number of carbonyl (C=O) groups excluding carboxylic acids is 1. The molecule has 0 bridgehead atoms. The summed E-state index contributed by atoms with van der Waals surface area (Å²) in [6, 6.07) is 8.98. The Morgan fingerprint density at radius 3 is 2.62 bits per heavy atom. The zero-order chi connectivity index (χ0) is 15.1. The molecule has 0 aliphatic carbocycles. The van der Waals surface area contributed by atoms with Crippen molar-refractivity contribution in [1.82, 2.24) is 15.4 Å². The van der Waals surface area contributed by atoms with E-state index in [-0.39, 0.29) is 11.7 Å². The molecule has 1 N–H and O–H groups in total. The minimum atomic E-state index is -0.208. The van der Waals surface area contributed by atoms with Gasteiger partial charge in [-0.15, -0.1) is 0 Å². The van der Waals surface area contributed by atoms with Crippen LogP contribution in [0.3, 0.4) is 0 Å². The van der Waals surface area contributed by atoms with E-state index in [0.29, 0.717) is 15.9 Å². The van der Waals surface area contributed by atoms with Gasteiger partial charge in [-0.25, -0.2) is 15.4 Å². The van der Waals surface area contributed by atoms with Gasteiger partial charge in [0, 0.05) is 17.4 Å². The second-order valence-corrected chi connectivity index (χ2v) is 5.44. The fourth-order valence-corrected chi connectivity index (χ4v) is 2.15. The Labute approximate surface area is 131 Å². The topological polar surface area (TPSA) is 67.2 Å².